The van der Waals surface area contributed by atoms with Gasteiger partial charge in [-0.05, 0) is 38.2 Å². The molecule has 0 spiro atoms. The van der Waals surface area contributed by atoms with Gasteiger partial charge in [0.25, 0.3) is 5.91 Å². The molecule has 3 rings (SSSR count). The maximum Gasteiger partial charge on any atom is 0.271 e. The molecule has 1 aromatic carbocycles. The molecule has 1 atom stereocenters. The van der Waals surface area contributed by atoms with Crippen LogP contribution in [0.1, 0.15) is 27.7 Å². The van der Waals surface area contributed by atoms with Gasteiger partial charge in [-0.3, -0.25) is 9.20 Å². The third kappa shape index (κ3) is 3.28. The van der Waals surface area contributed by atoms with Crippen LogP contribution in [-0.4, -0.2) is 45.8 Å². The fourth-order valence-corrected chi connectivity index (χ4v) is 2.75. The molecule has 0 unspecified atom stereocenters. The Morgan fingerprint density at radius 2 is 2.08 bits per heavy atom. The average molecular weight is 323 g/mol. The van der Waals surface area contributed by atoms with E-state index in [1.54, 1.807) is 22.9 Å². The molecule has 1 amide bonds. The molecule has 6 heteroatoms. The second-order valence-electron chi connectivity index (χ2n) is 6.00. The minimum Gasteiger partial charge on any atom is -0.349 e. The van der Waals surface area contributed by atoms with E-state index < -0.39 is 0 Å². The third-order valence-corrected chi connectivity index (χ3v) is 4.09. The van der Waals surface area contributed by atoms with Crippen LogP contribution in [0.4, 0.5) is 0 Å². The SMILES string of the molecule is Cc1ccccc1[C@H](CNC(=O)c1cn2cccnc2n1)N(C)C. The molecule has 0 saturated heterocycles. The number of rotatable bonds is 5. The van der Waals surface area contributed by atoms with Gasteiger partial charge >= 0.3 is 0 Å². The van der Waals surface area contributed by atoms with E-state index in [-0.39, 0.29) is 11.9 Å². The Morgan fingerprint density at radius 3 is 2.79 bits per heavy atom. The van der Waals surface area contributed by atoms with Crippen molar-refractivity contribution in [2.45, 2.75) is 13.0 Å². The number of benzene rings is 1. The van der Waals surface area contributed by atoms with Crippen molar-refractivity contribution >= 4 is 11.7 Å². The van der Waals surface area contributed by atoms with Crippen molar-refractivity contribution in [2.24, 2.45) is 0 Å². The quantitative estimate of drug-likeness (QED) is 0.781. The molecule has 1 N–H and O–H groups in total. The van der Waals surface area contributed by atoms with Crippen molar-refractivity contribution in [3.63, 3.8) is 0 Å². The topological polar surface area (TPSA) is 62.5 Å². The summed E-state index contributed by atoms with van der Waals surface area (Å²) >= 11 is 0. The maximum atomic E-state index is 12.4. The summed E-state index contributed by atoms with van der Waals surface area (Å²) in [4.78, 5) is 22.9. The summed E-state index contributed by atoms with van der Waals surface area (Å²) in [5.41, 5.74) is 2.79. The maximum absolute atomic E-state index is 12.4. The van der Waals surface area contributed by atoms with E-state index in [9.17, 15) is 4.79 Å². The number of nitrogens with zero attached hydrogens (tertiary/aromatic N) is 4. The highest BCUT2D eigenvalue weighted by Gasteiger charge is 2.18. The first kappa shape index (κ1) is 16.1. The van der Waals surface area contributed by atoms with Crippen molar-refractivity contribution in [2.75, 3.05) is 20.6 Å². The highest BCUT2D eigenvalue weighted by molar-refractivity contribution is 5.92. The van der Waals surface area contributed by atoms with Gasteiger partial charge in [0.1, 0.15) is 5.69 Å². The summed E-state index contributed by atoms with van der Waals surface area (Å²) in [7, 11) is 4.02. The number of likely N-dealkylation sites (N-methyl/N-ethyl adjacent to an activating group) is 1. The molecule has 0 bridgehead atoms. The Labute approximate surface area is 141 Å². The van der Waals surface area contributed by atoms with Crippen LogP contribution in [0.3, 0.4) is 0 Å². The lowest BCUT2D eigenvalue weighted by Crippen LogP contribution is -2.35. The minimum atomic E-state index is -0.194. The first-order valence-electron chi connectivity index (χ1n) is 7.86. The number of aryl methyl sites for hydroxylation is 1. The molecule has 0 aliphatic carbocycles. The lowest BCUT2D eigenvalue weighted by atomic mass is 10.0. The van der Waals surface area contributed by atoms with Crippen molar-refractivity contribution in [1.82, 2.24) is 24.6 Å². The summed E-state index contributed by atoms with van der Waals surface area (Å²) in [6.07, 6.45) is 5.17. The van der Waals surface area contributed by atoms with Crippen molar-refractivity contribution in [1.29, 1.82) is 0 Å². The molecule has 0 fully saturated rings. The normalized spacial score (nSPS) is 12.5. The Morgan fingerprint density at radius 1 is 1.29 bits per heavy atom. The Bertz CT molecular complexity index is 822. The fraction of sp³-hybridized carbons (Fsp3) is 0.278. The van der Waals surface area contributed by atoms with Gasteiger partial charge in [-0.1, -0.05) is 24.3 Å². The van der Waals surface area contributed by atoms with Crippen LogP contribution >= 0.6 is 0 Å². The molecular formula is C18H21N5O. The molecule has 2 heterocycles. The number of hydrogen-bond acceptors (Lipinski definition) is 4. The van der Waals surface area contributed by atoms with Gasteiger partial charge in [-0.2, -0.15) is 0 Å². The van der Waals surface area contributed by atoms with E-state index in [4.69, 9.17) is 0 Å². The molecule has 2 aromatic heterocycles. The number of carbonyl (C=O) groups is 1. The zero-order valence-electron chi connectivity index (χ0n) is 14.1. The molecule has 0 aliphatic rings. The summed E-state index contributed by atoms with van der Waals surface area (Å²) < 4.78 is 1.74. The first-order chi connectivity index (χ1) is 11.6. The van der Waals surface area contributed by atoms with E-state index >= 15 is 0 Å². The second kappa shape index (κ2) is 6.80. The number of imidazole rings is 1. The molecular weight excluding hydrogens is 302 g/mol. The first-order valence-corrected chi connectivity index (χ1v) is 7.86. The van der Waals surface area contributed by atoms with Gasteiger partial charge in [0.05, 0.1) is 6.04 Å². The van der Waals surface area contributed by atoms with Crippen molar-refractivity contribution in [3.8, 4) is 0 Å². The van der Waals surface area contributed by atoms with Gasteiger partial charge < -0.3 is 10.2 Å². The van der Waals surface area contributed by atoms with Crippen molar-refractivity contribution in [3.05, 3.63) is 65.7 Å². The largest absolute Gasteiger partial charge is 0.349 e. The molecule has 0 radical (unpaired) electrons. The van der Waals surface area contributed by atoms with Gasteiger partial charge in [0.2, 0.25) is 5.78 Å². The highest BCUT2D eigenvalue weighted by Crippen LogP contribution is 2.21. The molecule has 3 aromatic rings. The van der Waals surface area contributed by atoms with Gasteiger partial charge in [-0.25, -0.2) is 9.97 Å². The van der Waals surface area contributed by atoms with Crippen LogP contribution in [-0.2, 0) is 0 Å². The second-order valence-corrected chi connectivity index (χ2v) is 6.00. The predicted octanol–water partition coefficient (Wildman–Crippen LogP) is 2.07. The van der Waals surface area contributed by atoms with Gasteiger partial charge in [0.15, 0.2) is 0 Å². The van der Waals surface area contributed by atoms with Crippen LogP contribution in [0, 0.1) is 6.92 Å². The lowest BCUT2D eigenvalue weighted by molar-refractivity contribution is 0.0937. The minimum absolute atomic E-state index is 0.102. The number of nitrogens with one attached hydrogen (secondary N) is 1. The van der Waals surface area contributed by atoms with E-state index in [1.165, 1.54) is 11.1 Å². The van der Waals surface area contributed by atoms with Gasteiger partial charge in [-0.15, -0.1) is 0 Å². The van der Waals surface area contributed by atoms with Crippen LogP contribution in [0.15, 0.2) is 48.9 Å². The fourth-order valence-electron chi connectivity index (χ4n) is 2.75. The Kier molecular flexibility index (Phi) is 4.57. The van der Waals surface area contributed by atoms with Crippen LogP contribution in [0.5, 0.6) is 0 Å². The zero-order chi connectivity index (χ0) is 17.1. The number of amides is 1. The smallest absolute Gasteiger partial charge is 0.271 e. The summed E-state index contributed by atoms with van der Waals surface area (Å²) in [5.74, 6) is 0.326. The molecule has 124 valence electrons. The highest BCUT2D eigenvalue weighted by atomic mass is 16.1. The standard InChI is InChI=1S/C18H21N5O/c1-13-7-4-5-8-14(13)16(22(2)3)11-20-17(24)15-12-23-10-6-9-19-18(23)21-15/h4-10,12,16H,11H2,1-3H3,(H,20,24)/t16-/m0/s1. The summed E-state index contributed by atoms with van der Waals surface area (Å²) in [6.45, 7) is 2.60. The zero-order valence-corrected chi connectivity index (χ0v) is 14.1. The van der Waals surface area contributed by atoms with Crippen molar-refractivity contribution < 1.29 is 4.79 Å². The lowest BCUT2D eigenvalue weighted by Gasteiger charge is -2.26. The third-order valence-electron chi connectivity index (χ3n) is 4.09. The summed E-state index contributed by atoms with van der Waals surface area (Å²) in [6, 6.07) is 10.1. The predicted molar refractivity (Wildman–Crippen MR) is 92.9 cm³/mol. The number of aromatic nitrogens is 3. The summed E-state index contributed by atoms with van der Waals surface area (Å²) in [5, 5.41) is 2.98. The average Bonchev–Trinajstić information content (AvgIpc) is 3.00. The molecule has 0 saturated carbocycles. The number of fused-ring (bicyclic) bond motifs is 1. The Balaban J connectivity index is 1.75. The number of carbonyl (C=O) groups excluding carboxylic acids is 1. The van der Waals surface area contributed by atoms with E-state index in [2.05, 4.69) is 39.2 Å². The van der Waals surface area contributed by atoms with E-state index in [0.29, 0.717) is 18.0 Å². The van der Waals surface area contributed by atoms with Gasteiger partial charge in [0, 0.05) is 25.1 Å². The van der Waals surface area contributed by atoms with Crippen LogP contribution < -0.4 is 5.32 Å². The molecule has 0 aliphatic heterocycles. The van der Waals surface area contributed by atoms with E-state index in [1.807, 2.05) is 32.4 Å². The van der Waals surface area contributed by atoms with Crippen LogP contribution in [0.25, 0.3) is 5.78 Å². The Hall–Kier alpha value is -2.73. The number of hydrogen-bond donors (Lipinski definition) is 1. The van der Waals surface area contributed by atoms with E-state index in [0.717, 1.165) is 0 Å². The molecule has 6 nitrogen and oxygen atoms in total. The molecule has 24 heavy (non-hydrogen) atoms. The monoisotopic (exact) mass is 323 g/mol. The van der Waals surface area contributed by atoms with Crippen LogP contribution in [0.2, 0.25) is 0 Å².